The lowest BCUT2D eigenvalue weighted by atomic mass is 9.96. The lowest BCUT2D eigenvalue weighted by molar-refractivity contribution is -0.138. The number of methoxy groups -OCH3 is 2. The number of fused-ring (bicyclic) bond motifs is 2. The Morgan fingerprint density at radius 1 is 0.585 bits per heavy atom. The molecule has 8 aromatic carbocycles. The van der Waals surface area contributed by atoms with Crippen molar-refractivity contribution in [3.05, 3.63) is 270 Å². The van der Waals surface area contributed by atoms with Crippen molar-refractivity contribution in [2.75, 3.05) is 66.4 Å². The fraction of sp³-hybridized carbons (Fsp3) is 0.317. The van der Waals surface area contributed by atoms with Crippen LogP contribution >= 0.6 is 23.5 Å². The SMILES string of the molecule is [2H]C([2H])(Sc1cc(=O)c2ccccc2n1CC(=O)N(C([2H])(C)c1ccc(-c2ccc(C(F)(F)F)cc2)cc1)C1([2H])C([2H])([2H])C([2H])([2H])N(C([2H])([2H])COC)C([2H])([2H])C1([2H])[2H])c1cccc(F)c1F.[2H]c1c([2H])c(F)c(F)c(C([2H])([2H])Sc2c([2H])c(=O)c3c([2H])c([2H])c([2H])c([2H])c3n2CC(=O)N(C([2H])([2H])c2c([2H])c([2H])c(-c3c([2H])c([2H])c(C(F)(F)F)c([2H])c3[2H])c([2H])c2C)C2([2H])C([2H])([2H])C([2H])([2H])N(C([2H])([2H])COC)C([2H])([2H])C2([2H])[2H])c1[2H]. The number of nitrogens with zero attached hydrogens (tertiary/aromatic N) is 6. The first-order valence-corrected chi connectivity index (χ1v) is 32.0. The molecule has 24 heteroatoms. The van der Waals surface area contributed by atoms with Gasteiger partial charge in [0.2, 0.25) is 11.8 Å². The first-order chi connectivity index (χ1) is 68.0. The zero-order chi connectivity index (χ0) is 115. The number of benzene rings is 8. The molecule has 1 unspecified atom stereocenters. The number of pyridine rings is 2. The number of para-hydroxylation sites is 2. The molecule has 2 aromatic heterocycles. The summed E-state index contributed by atoms with van der Waals surface area (Å²) in [6, 6.07) is -17.9. The average Bonchev–Trinajstić information content (AvgIpc) is 0.657. The molecule has 106 heavy (non-hydrogen) atoms. The van der Waals surface area contributed by atoms with Gasteiger partial charge in [-0.2, -0.15) is 26.3 Å². The van der Waals surface area contributed by atoms with Gasteiger partial charge in [0, 0.05) is 150 Å². The van der Waals surface area contributed by atoms with Crippen molar-refractivity contribution in [3.8, 4) is 22.3 Å². The van der Waals surface area contributed by atoms with E-state index in [9.17, 15) is 58.1 Å². The number of aromatic nitrogens is 2. The molecule has 2 aliphatic heterocycles. The standard InChI is InChI=1S/2C41H40F5N3O3S/c1-27(28-10-12-29(13-11-28)30-14-16-32(17-15-30)41(44,45)46)49(33-18-20-47(21-19-33)22-23-52-2)38(51)25-48-36-9-4-3-7-34(36)37(50)24-39(48)53-26-31-6-5-8-35(42)40(31)43;1-27-22-29(28-12-14-32(15-13-28)41(44,45)46)10-11-30(27)24-48(33-16-18-47(19-17-33)20-21-52-2)38(51)25-49-36-9-4-3-7-34(36)37(50)23-39(49)53-26-31-6-5-8-35(42)40(31)43/h3-17,24,27,33H,18-23,25-26H2,1-2H3;3-15,22-23,33H,16-21,24-26H2,1-2H3/i18D2,19D2,20D2,21D2,22D2,26D2,27D,33D;3D,4D,5D,6D,7D,8D,9D,10D,11D,12D,13D,14D,15D,16D2,17D2,18D2,19D2,20D2,22D,23D,24D2,26D2,33D. The molecule has 1 atom stereocenters. The minimum atomic E-state index is -5.56. The number of thioether (sulfide) groups is 2. The summed E-state index contributed by atoms with van der Waals surface area (Å²) in [5.41, 5.74) is -21.9. The van der Waals surface area contributed by atoms with Crippen molar-refractivity contribution in [1.29, 1.82) is 0 Å². The second kappa shape index (κ2) is 35.1. The molecule has 0 aliphatic carbocycles. The molecule has 0 N–H and O–H groups in total. The van der Waals surface area contributed by atoms with E-state index in [0.29, 0.717) is 6.92 Å². The number of carbonyl (C=O) groups is 2. The van der Waals surface area contributed by atoms with E-state index in [2.05, 4.69) is 0 Å². The van der Waals surface area contributed by atoms with Crippen LogP contribution in [-0.4, -0.2) is 119 Å². The number of amides is 2. The summed E-state index contributed by atoms with van der Waals surface area (Å²) in [6.07, 6.45) is -28.4. The van der Waals surface area contributed by atoms with Crippen LogP contribution in [0.15, 0.2) is 207 Å². The predicted octanol–water partition coefficient (Wildman–Crippen LogP) is 17.7. The first-order valence-electron chi connectivity index (χ1n) is 52.3. The number of ether oxygens (including phenoxy) is 2. The van der Waals surface area contributed by atoms with Gasteiger partial charge in [-0.05, 0) is 139 Å². The molecular formula is C82H80F10N6O6S2. The van der Waals surface area contributed by atoms with E-state index in [-0.39, 0.29) is 48.8 Å². The Bertz CT molecular complexity index is 7130. The maximum Gasteiger partial charge on any atom is 0.416 e. The van der Waals surface area contributed by atoms with Crippen LogP contribution in [0, 0.1) is 30.2 Å². The van der Waals surface area contributed by atoms with Crippen LogP contribution in [0.3, 0.4) is 0 Å². The summed E-state index contributed by atoms with van der Waals surface area (Å²) < 4.78 is 545. The highest BCUT2D eigenvalue weighted by Gasteiger charge is 2.35. The van der Waals surface area contributed by atoms with Crippen molar-refractivity contribution >= 4 is 57.1 Å². The zero-order valence-electron chi connectivity index (χ0n) is 98.8. The third kappa shape index (κ3) is 19.0. The molecule has 0 spiro atoms. The summed E-state index contributed by atoms with van der Waals surface area (Å²) in [6.45, 7) is -33.7. The lowest BCUT2D eigenvalue weighted by Gasteiger charge is -2.42. The smallest absolute Gasteiger partial charge is 0.383 e. The number of carbonyl (C=O) groups excluding carboxylic acids is 2. The van der Waals surface area contributed by atoms with Crippen LogP contribution in [0.2, 0.25) is 0 Å². The quantitative estimate of drug-likeness (QED) is 0.0428. The van der Waals surface area contributed by atoms with Crippen molar-refractivity contribution in [2.45, 2.75) is 111 Å². The fourth-order valence-corrected chi connectivity index (χ4v) is 11.2. The largest absolute Gasteiger partial charge is 0.416 e. The van der Waals surface area contributed by atoms with Crippen molar-refractivity contribution < 1.29 is 123 Å². The van der Waals surface area contributed by atoms with Crippen LogP contribution < -0.4 is 10.9 Å². The minimum absolute atomic E-state index is 0.0102. The summed E-state index contributed by atoms with van der Waals surface area (Å²) in [5.74, 6) is -11.8. The molecule has 556 valence electrons. The molecule has 0 saturated carbocycles. The number of piperidine rings is 2. The van der Waals surface area contributed by atoms with Gasteiger partial charge in [-0.15, -0.1) is 23.5 Å². The third-order valence-corrected chi connectivity index (χ3v) is 16.5. The first kappa shape index (κ1) is 39.2. The monoisotopic (exact) mass is 1540 g/mol. The molecule has 10 aromatic rings. The average molecular weight is 1540 g/mol. The Labute approximate surface area is 678 Å². The normalized spacial score (nSPS) is 25.9. The maximum absolute atomic E-state index is 15.9. The molecule has 0 bridgehead atoms. The van der Waals surface area contributed by atoms with E-state index < -0.39 is 368 Å². The second-order valence-electron chi connectivity index (χ2n) is 21.7. The molecule has 2 fully saturated rings. The highest BCUT2D eigenvalue weighted by atomic mass is 32.2. The highest BCUT2D eigenvalue weighted by molar-refractivity contribution is 7.98. The summed E-state index contributed by atoms with van der Waals surface area (Å²) >= 11 is -0.570. The number of likely N-dealkylation sites (tertiary alicyclic amines) is 2. The molecule has 0 radical (unpaired) electrons. The van der Waals surface area contributed by atoms with E-state index in [1.807, 2.05) is 0 Å². The van der Waals surface area contributed by atoms with Gasteiger partial charge in [-0.1, -0.05) is 115 Å². The van der Waals surface area contributed by atoms with Crippen molar-refractivity contribution in [2.24, 2.45) is 0 Å². The van der Waals surface area contributed by atoms with Gasteiger partial charge in [0.25, 0.3) is 0 Å². The van der Waals surface area contributed by atoms with Crippen LogP contribution in [0.4, 0.5) is 43.9 Å². The van der Waals surface area contributed by atoms with Crippen molar-refractivity contribution in [3.63, 3.8) is 0 Å². The van der Waals surface area contributed by atoms with E-state index in [1.54, 1.807) is 0 Å². The van der Waals surface area contributed by atoms with Gasteiger partial charge in [-0.3, -0.25) is 19.2 Å². The summed E-state index contributed by atoms with van der Waals surface area (Å²) in [7, 11) is 1.73. The van der Waals surface area contributed by atoms with Crippen LogP contribution in [0.25, 0.3) is 44.1 Å². The molecule has 2 saturated heterocycles. The van der Waals surface area contributed by atoms with Gasteiger partial charge in [0.05, 0.1) is 78.9 Å². The number of hydrogen-bond acceptors (Lipinski definition) is 10. The molecule has 2 aliphatic rings. The Balaban J connectivity index is 0.000000291. The van der Waals surface area contributed by atoms with Crippen molar-refractivity contribution in [1.82, 2.24) is 28.7 Å². The molecule has 4 heterocycles. The maximum atomic E-state index is 15.9. The Morgan fingerprint density at radius 3 is 1.81 bits per heavy atom. The Morgan fingerprint density at radius 2 is 1.16 bits per heavy atom. The number of rotatable bonds is 24. The summed E-state index contributed by atoms with van der Waals surface area (Å²) in [5, 5.41) is -3.40. The highest BCUT2D eigenvalue weighted by Crippen LogP contribution is 2.37. The number of alkyl halides is 6. The minimum Gasteiger partial charge on any atom is -0.383 e. The van der Waals surface area contributed by atoms with E-state index in [1.165, 1.54) is 36.4 Å². The Kier molecular flexibility index (Phi) is 13.0. The third-order valence-electron chi connectivity index (χ3n) is 14.8. The zero-order valence-corrected chi connectivity index (χ0v) is 56.4. The van der Waals surface area contributed by atoms with E-state index >= 15 is 22.8 Å². The topological polar surface area (TPSA) is 110 Å². The molecular weight excluding hydrogens is 1420 g/mol. The predicted molar refractivity (Wildman–Crippen MR) is 395 cm³/mol. The van der Waals surface area contributed by atoms with E-state index in [4.69, 9.17) is 52.0 Å². The van der Waals surface area contributed by atoms with E-state index in [0.717, 1.165) is 86.4 Å². The van der Waals surface area contributed by atoms with Crippen LogP contribution in [0.1, 0.15) is 138 Å². The van der Waals surface area contributed by atoms with Gasteiger partial charge >= 0.3 is 12.4 Å². The number of halogens is 10. The van der Waals surface area contributed by atoms with Crippen LogP contribution in [-0.2, 0) is 62.4 Å². The summed E-state index contributed by atoms with van der Waals surface area (Å²) in [4.78, 5) is 56.7. The van der Waals surface area contributed by atoms with Crippen LogP contribution in [0.5, 0.6) is 0 Å². The second-order valence-corrected chi connectivity index (χ2v) is 23.3. The molecule has 12 rings (SSSR count). The van der Waals surface area contributed by atoms with Gasteiger partial charge in [0.15, 0.2) is 34.1 Å². The van der Waals surface area contributed by atoms with Gasteiger partial charge in [-0.25, -0.2) is 17.6 Å². The lowest BCUT2D eigenvalue weighted by Crippen LogP contribution is -2.49. The van der Waals surface area contributed by atoms with Gasteiger partial charge in [0.1, 0.15) is 13.1 Å². The molecule has 2 amide bonds. The fourth-order valence-electron chi connectivity index (χ4n) is 9.65. The Hall–Kier alpha value is -9.04. The molecule has 12 nitrogen and oxygen atoms in total. The number of hydrogen-bond donors (Lipinski definition) is 0. The van der Waals surface area contributed by atoms with Gasteiger partial charge < -0.3 is 38.2 Å².